The number of sulfonamides is 1. The van der Waals surface area contributed by atoms with Gasteiger partial charge in [0, 0.05) is 19.2 Å². The summed E-state index contributed by atoms with van der Waals surface area (Å²) in [6, 6.07) is 12.4. The number of carbonyl (C=O) groups is 1. The van der Waals surface area contributed by atoms with Crippen LogP contribution in [0.5, 0.6) is 11.5 Å². The summed E-state index contributed by atoms with van der Waals surface area (Å²) in [5.74, 6) is 0.427. The molecule has 10 heteroatoms. The first-order valence-electron chi connectivity index (χ1n) is 12.7. The minimum Gasteiger partial charge on any atom is -0.454 e. The zero-order valence-electron chi connectivity index (χ0n) is 22.0. The lowest BCUT2D eigenvalue weighted by Crippen LogP contribution is -2.55. The molecule has 2 aromatic rings. The highest BCUT2D eigenvalue weighted by atomic mass is 32.2. The van der Waals surface area contributed by atoms with Crippen LogP contribution in [0.3, 0.4) is 0 Å². The van der Waals surface area contributed by atoms with E-state index in [1.807, 2.05) is 58.0 Å². The summed E-state index contributed by atoms with van der Waals surface area (Å²) in [5, 5.41) is 14.2. The second kappa shape index (κ2) is 12.7. The highest BCUT2D eigenvalue weighted by Gasteiger charge is 2.33. The topological polar surface area (TPSA) is 131 Å². The van der Waals surface area contributed by atoms with Crippen LogP contribution in [0.25, 0.3) is 0 Å². The maximum Gasteiger partial charge on any atom is 0.243 e. The van der Waals surface area contributed by atoms with Crippen molar-refractivity contribution in [2.75, 3.05) is 19.9 Å². The quantitative estimate of drug-likeness (QED) is 0.361. The van der Waals surface area contributed by atoms with E-state index >= 15 is 0 Å². The van der Waals surface area contributed by atoms with Crippen molar-refractivity contribution in [3.8, 4) is 11.5 Å². The Morgan fingerprint density at radius 2 is 1.76 bits per heavy atom. The van der Waals surface area contributed by atoms with E-state index in [0.29, 0.717) is 17.9 Å². The van der Waals surface area contributed by atoms with Gasteiger partial charge in [-0.2, -0.15) is 4.31 Å². The number of aliphatic hydroxyl groups is 1. The number of benzene rings is 2. The van der Waals surface area contributed by atoms with Gasteiger partial charge in [-0.1, -0.05) is 64.4 Å². The zero-order chi connectivity index (χ0) is 27.2. The number of rotatable bonds is 13. The van der Waals surface area contributed by atoms with E-state index < -0.39 is 28.2 Å². The van der Waals surface area contributed by atoms with Gasteiger partial charge in [0.2, 0.25) is 22.7 Å². The third kappa shape index (κ3) is 7.44. The van der Waals surface area contributed by atoms with Gasteiger partial charge in [-0.25, -0.2) is 8.42 Å². The standard InChI is InChI=1S/C27H39N3O6S/c1-5-19(4)26(28)27(32)29-22(13-20-9-7-6-8-10-20)23(31)16-30(15-18(2)3)37(33,34)21-11-12-24-25(14-21)36-17-35-24/h6-12,14,18-19,22-23,26,31H,5,13,15-17,28H2,1-4H3,(H,29,32)/t19-,22?,23+,26-/m0/s1. The Morgan fingerprint density at radius 3 is 2.41 bits per heavy atom. The highest BCUT2D eigenvalue weighted by molar-refractivity contribution is 7.89. The number of fused-ring (bicyclic) bond motifs is 1. The molecule has 1 heterocycles. The first-order valence-corrected chi connectivity index (χ1v) is 14.1. The molecule has 0 saturated carbocycles. The van der Waals surface area contributed by atoms with Crippen LogP contribution < -0.4 is 20.5 Å². The van der Waals surface area contributed by atoms with Crippen LogP contribution >= 0.6 is 0 Å². The maximum absolute atomic E-state index is 13.7. The number of nitrogens with one attached hydrogen (secondary N) is 1. The van der Waals surface area contributed by atoms with E-state index in [0.717, 1.165) is 12.0 Å². The van der Waals surface area contributed by atoms with Crippen molar-refractivity contribution in [3.05, 3.63) is 54.1 Å². The van der Waals surface area contributed by atoms with Crippen molar-refractivity contribution in [1.82, 2.24) is 9.62 Å². The first kappa shape index (κ1) is 28.9. The molecule has 1 amide bonds. The molecule has 0 aliphatic carbocycles. The number of aliphatic hydroxyl groups excluding tert-OH is 1. The van der Waals surface area contributed by atoms with Crippen molar-refractivity contribution in [3.63, 3.8) is 0 Å². The lowest BCUT2D eigenvalue weighted by Gasteiger charge is -2.31. The van der Waals surface area contributed by atoms with Crippen molar-refractivity contribution in [2.24, 2.45) is 17.6 Å². The minimum absolute atomic E-state index is 0.00280. The average molecular weight is 534 g/mol. The second-order valence-corrected chi connectivity index (χ2v) is 12.0. The van der Waals surface area contributed by atoms with Crippen molar-refractivity contribution < 1.29 is 27.8 Å². The van der Waals surface area contributed by atoms with Gasteiger partial charge in [-0.05, 0) is 36.0 Å². The van der Waals surface area contributed by atoms with Gasteiger partial charge in [-0.15, -0.1) is 0 Å². The number of nitrogens with two attached hydrogens (primary N) is 1. The largest absolute Gasteiger partial charge is 0.454 e. The minimum atomic E-state index is -3.98. The number of hydrogen-bond acceptors (Lipinski definition) is 7. The Bertz CT molecular complexity index is 1140. The van der Waals surface area contributed by atoms with Gasteiger partial charge in [0.05, 0.1) is 23.1 Å². The monoisotopic (exact) mass is 533 g/mol. The maximum atomic E-state index is 13.7. The molecular formula is C27H39N3O6S. The van der Waals surface area contributed by atoms with E-state index in [4.69, 9.17) is 15.2 Å². The third-order valence-electron chi connectivity index (χ3n) is 6.59. The van der Waals surface area contributed by atoms with Gasteiger partial charge in [0.15, 0.2) is 11.5 Å². The third-order valence-corrected chi connectivity index (χ3v) is 8.42. The highest BCUT2D eigenvalue weighted by Crippen LogP contribution is 2.34. The summed E-state index contributed by atoms with van der Waals surface area (Å²) in [7, 11) is -3.98. The zero-order valence-corrected chi connectivity index (χ0v) is 22.8. The molecule has 4 atom stereocenters. The van der Waals surface area contributed by atoms with Crippen LogP contribution in [0.2, 0.25) is 0 Å². The summed E-state index contributed by atoms with van der Waals surface area (Å²) < 4.78 is 39.2. The molecule has 3 rings (SSSR count). The molecule has 0 aromatic heterocycles. The molecule has 1 aliphatic heterocycles. The van der Waals surface area contributed by atoms with Gasteiger partial charge in [0.25, 0.3) is 0 Å². The molecule has 2 aromatic carbocycles. The van der Waals surface area contributed by atoms with E-state index in [2.05, 4.69) is 5.32 Å². The predicted molar refractivity (Wildman–Crippen MR) is 142 cm³/mol. The molecule has 4 N–H and O–H groups in total. The van der Waals surface area contributed by atoms with Crippen molar-refractivity contribution >= 4 is 15.9 Å². The fourth-order valence-corrected chi connectivity index (χ4v) is 5.78. The van der Waals surface area contributed by atoms with Crippen LogP contribution in [0.15, 0.2) is 53.4 Å². The fraction of sp³-hybridized carbons (Fsp3) is 0.519. The van der Waals surface area contributed by atoms with Crippen LogP contribution in [-0.4, -0.2) is 61.8 Å². The van der Waals surface area contributed by atoms with Gasteiger partial charge in [-0.3, -0.25) is 4.79 Å². The van der Waals surface area contributed by atoms with Crippen LogP contribution in [0, 0.1) is 11.8 Å². The molecule has 0 saturated heterocycles. The molecule has 0 fully saturated rings. The Balaban J connectivity index is 1.86. The summed E-state index contributed by atoms with van der Waals surface area (Å²) in [6.07, 6.45) is -0.132. The molecular weight excluding hydrogens is 494 g/mol. The lowest BCUT2D eigenvalue weighted by molar-refractivity contribution is -0.125. The fourth-order valence-electron chi connectivity index (χ4n) is 4.14. The predicted octanol–water partition coefficient (Wildman–Crippen LogP) is 2.52. The SMILES string of the molecule is CC[C@H](C)[C@H](N)C(=O)NC(Cc1ccccc1)[C@H](O)CN(CC(C)C)S(=O)(=O)c1ccc2c(c1)OCO2. The number of amides is 1. The molecule has 0 radical (unpaired) electrons. The van der Waals surface area contributed by atoms with E-state index in [1.165, 1.54) is 16.4 Å². The Labute approximate surface area is 220 Å². The van der Waals surface area contributed by atoms with E-state index in [-0.39, 0.29) is 42.5 Å². The van der Waals surface area contributed by atoms with Crippen LogP contribution in [0.1, 0.15) is 39.7 Å². The first-order chi connectivity index (χ1) is 17.5. The smallest absolute Gasteiger partial charge is 0.243 e. The number of ether oxygens (including phenoxy) is 2. The second-order valence-electron chi connectivity index (χ2n) is 10.0. The van der Waals surface area contributed by atoms with Crippen molar-refractivity contribution in [1.29, 1.82) is 0 Å². The number of nitrogens with zero attached hydrogens (tertiary/aromatic N) is 1. The Hall–Kier alpha value is -2.66. The molecule has 204 valence electrons. The van der Waals surface area contributed by atoms with E-state index in [9.17, 15) is 18.3 Å². The van der Waals surface area contributed by atoms with Gasteiger partial charge in [0.1, 0.15) is 0 Å². The summed E-state index contributed by atoms with van der Waals surface area (Å²) in [4.78, 5) is 13.0. The molecule has 0 spiro atoms. The lowest BCUT2D eigenvalue weighted by atomic mass is 9.97. The average Bonchev–Trinajstić information content (AvgIpc) is 3.35. The molecule has 37 heavy (non-hydrogen) atoms. The van der Waals surface area contributed by atoms with Crippen LogP contribution in [-0.2, 0) is 21.2 Å². The van der Waals surface area contributed by atoms with Crippen LogP contribution in [0.4, 0.5) is 0 Å². The number of hydrogen-bond donors (Lipinski definition) is 3. The normalized spacial score (nSPS) is 16.4. The summed E-state index contributed by atoms with van der Waals surface area (Å²) in [6.45, 7) is 7.68. The van der Waals surface area contributed by atoms with E-state index in [1.54, 1.807) is 6.07 Å². The van der Waals surface area contributed by atoms with Gasteiger partial charge < -0.3 is 25.6 Å². The molecule has 0 bridgehead atoms. The van der Waals surface area contributed by atoms with Crippen molar-refractivity contribution in [2.45, 2.75) is 63.6 Å². The molecule has 1 aliphatic rings. The Morgan fingerprint density at radius 1 is 1.08 bits per heavy atom. The molecule has 1 unspecified atom stereocenters. The summed E-state index contributed by atoms with van der Waals surface area (Å²) >= 11 is 0. The number of carbonyl (C=O) groups excluding carboxylic acids is 1. The summed E-state index contributed by atoms with van der Waals surface area (Å²) in [5.41, 5.74) is 7.05. The molecule has 9 nitrogen and oxygen atoms in total. The Kier molecular flexibility index (Phi) is 9.94. The van der Waals surface area contributed by atoms with Gasteiger partial charge >= 0.3 is 0 Å².